The molecule has 2 N–H and O–H groups in total. The van der Waals surface area contributed by atoms with Crippen molar-refractivity contribution in [3.05, 3.63) is 0 Å². The van der Waals surface area contributed by atoms with E-state index < -0.39 is 0 Å². The highest BCUT2D eigenvalue weighted by molar-refractivity contribution is 4.78. The molecule has 0 bridgehead atoms. The van der Waals surface area contributed by atoms with E-state index >= 15 is 0 Å². The maximum Gasteiger partial charge on any atom is -0.00413 e. The summed E-state index contributed by atoms with van der Waals surface area (Å²) in [5.41, 5.74) is 6.10. The Hall–Kier alpha value is -0.0400. The highest BCUT2D eigenvalue weighted by Gasteiger charge is 2.26. The van der Waals surface area contributed by atoms with Gasteiger partial charge in [0.2, 0.25) is 0 Å². The summed E-state index contributed by atoms with van der Waals surface area (Å²) in [5, 5.41) is 0. The van der Waals surface area contributed by atoms with Gasteiger partial charge in [0.1, 0.15) is 0 Å². The van der Waals surface area contributed by atoms with Gasteiger partial charge >= 0.3 is 0 Å². The van der Waals surface area contributed by atoms with Crippen LogP contribution in [0.1, 0.15) is 41.0 Å². The summed E-state index contributed by atoms with van der Waals surface area (Å²) in [7, 11) is 0. The quantitative estimate of drug-likeness (QED) is 0.669. The van der Waals surface area contributed by atoms with Crippen molar-refractivity contribution in [3.63, 3.8) is 0 Å². The van der Waals surface area contributed by atoms with Gasteiger partial charge in [0.05, 0.1) is 0 Å². The maximum absolute atomic E-state index is 5.74. The predicted octanol–water partition coefficient (Wildman–Crippen LogP) is 2.65. The zero-order valence-corrected chi connectivity index (χ0v) is 8.65. The van der Waals surface area contributed by atoms with Gasteiger partial charge in [-0.05, 0) is 23.8 Å². The molecule has 68 valence electrons. The van der Waals surface area contributed by atoms with E-state index in [4.69, 9.17) is 5.73 Å². The lowest BCUT2D eigenvalue weighted by Gasteiger charge is -2.34. The molecule has 0 heterocycles. The molecule has 0 saturated carbocycles. The van der Waals surface area contributed by atoms with E-state index in [0.29, 0.717) is 11.3 Å². The maximum atomic E-state index is 5.74. The summed E-state index contributed by atoms with van der Waals surface area (Å²) in [6.07, 6.45) is 1.24. The van der Waals surface area contributed by atoms with Crippen LogP contribution in [0.4, 0.5) is 0 Å². The third-order valence-corrected chi connectivity index (χ3v) is 2.70. The van der Waals surface area contributed by atoms with Crippen molar-refractivity contribution in [3.8, 4) is 0 Å². The molecule has 1 nitrogen and oxygen atoms in total. The molecule has 0 amide bonds. The second-order valence-corrected chi connectivity index (χ2v) is 4.59. The summed E-state index contributed by atoms with van der Waals surface area (Å²) in [6.45, 7) is 12.2. The van der Waals surface area contributed by atoms with Gasteiger partial charge in [-0.15, -0.1) is 0 Å². The molecule has 0 rings (SSSR count). The first-order valence-corrected chi connectivity index (χ1v) is 4.63. The molecule has 0 saturated heterocycles. The first-order valence-electron chi connectivity index (χ1n) is 4.63. The average molecular weight is 157 g/mol. The van der Waals surface area contributed by atoms with E-state index in [9.17, 15) is 0 Å². The van der Waals surface area contributed by atoms with Crippen molar-refractivity contribution >= 4 is 0 Å². The van der Waals surface area contributed by atoms with Crippen molar-refractivity contribution in [2.24, 2.45) is 23.0 Å². The third-order valence-electron chi connectivity index (χ3n) is 2.70. The topological polar surface area (TPSA) is 26.0 Å². The molecule has 0 aliphatic carbocycles. The fraction of sp³-hybridized carbons (Fsp3) is 1.00. The van der Waals surface area contributed by atoms with Crippen LogP contribution in [-0.4, -0.2) is 6.54 Å². The fourth-order valence-corrected chi connectivity index (χ4v) is 1.72. The minimum Gasteiger partial charge on any atom is -0.330 e. The van der Waals surface area contributed by atoms with E-state index in [2.05, 4.69) is 34.6 Å². The highest BCUT2D eigenvalue weighted by Crippen LogP contribution is 2.32. The monoisotopic (exact) mass is 157 g/mol. The first-order chi connectivity index (χ1) is 4.93. The van der Waals surface area contributed by atoms with Crippen molar-refractivity contribution < 1.29 is 0 Å². The van der Waals surface area contributed by atoms with Crippen molar-refractivity contribution in [2.75, 3.05) is 6.54 Å². The Morgan fingerprint density at radius 2 is 1.73 bits per heavy atom. The Kier molecular flexibility index (Phi) is 4.09. The van der Waals surface area contributed by atoms with E-state index in [1.807, 2.05) is 0 Å². The van der Waals surface area contributed by atoms with Gasteiger partial charge in [-0.3, -0.25) is 0 Å². The summed E-state index contributed by atoms with van der Waals surface area (Å²) in [6, 6.07) is 0. The van der Waals surface area contributed by atoms with Crippen LogP contribution in [0.2, 0.25) is 0 Å². The number of hydrogen-bond acceptors (Lipinski definition) is 1. The molecule has 1 heteroatoms. The summed E-state index contributed by atoms with van der Waals surface area (Å²) in [4.78, 5) is 0. The normalized spacial score (nSPS) is 18.0. The Morgan fingerprint density at radius 1 is 1.27 bits per heavy atom. The largest absolute Gasteiger partial charge is 0.330 e. The molecule has 0 spiro atoms. The van der Waals surface area contributed by atoms with Crippen LogP contribution < -0.4 is 5.73 Å². The van der Waals surface area contributed by atoms with Gasteiger partial charge < -0.3 is 5.73 Å². The molecule has 11 heavy (non-hydrogen) atoms. The first kappa shape index (κ1) is 11.0. The Balaban J connectivity index is 4.16. The standard InChI is InChI=1S/C10H23N/c1-6-8(2)9(7-11)10(3,4)5/h8-9H,6-7,11H2,1-5H3. The number of hydrogen-bond donors (Lipinski definition) is 1. The molecular formula is C10H23N. The second-order valence-electron chi connectivity index (χ2n) is 4.59. The van der Waals surface area contributed by atoms with Crippen molar-refractivity contribution in [1.82, 2.24) is 0 Å². The molecule has 2 atom stereocenters. The summed E-state index contributed by atoms with van der Waals surface area (Å²) >= 11 is 0. The minimum absolute atomic E-state index is 0.365. The van der Waals surface area contributed by atoms with Gasteiger partial charge in [0, 0.05) is 0 Å². The Bertz CT molecular complexity index is 102. The van der Waals surface area contributed by atoms with Crippen LogP contribution >= 0.6 is 0 Å². The number of rotatable bonds is 3. The zero-order chi connectivity index (χ0) is 9.07. The highest BCUT2D eigenvalue weighted by atomic mass is 14.6. The van der Waals surface area contributed by atoms with Gasteiger partial charge in [-0.25, -0.2) is 0 Å². The van der Waals surface area contributed by atoms with Crippen LogP contribution in [0, 0.1) is 17.3 Å². The SMILES string of the molecule is CCC(C)C(CN)C(C)(C)C. The second kappa shape index (κ2) is 4.10. The number of nitrogens with two attached hydrogens (primary N) is 1. The smallest absolute Gasteiger partial charge is 0.00413 e. The van der Waals surface area contributed by atoms with Crippen LogP contribution in [-0.2, 0) is 0 Å². The lowest BCUT2D eigenvalue weighted by atomic mass is 9.73. The zero-order valence-electron chi connectivity index (χ0n) is 8.65. The van der Waals surface area contributed by atoms with Gasteiger partial charge in [0.25, 0.3) is 0 Å². The molecule has 0 aliphatic rings. The van der Waals surface area contributed by atoms with Gasteiger partial charge in [0.15, 0.2) is 0 Å². The van der Waals surface area contributed by atoms with Crippen LogP contribution in [0.3, 0.4) is 0 Å². The molecule has 0 aromatic rings. The van der Waals surface area contributed by atoms with Crippen molar-refractivity contribution in [2.45, 2.75) is 41.0 Å². The third kappa shape index (κ3) is 3.24. The van der Waals surface area contributed by atoms with Gasteiger partial charge in [-0.2, -0.15) is 0 Å². The lowest BCUT2D eigenvalue weighted by Crippen LogP contribution is -2.33. The van der Waals surface area contributed by atoms with Crippen molar-refractivity contribution in [1.29, 1.82) is 0 Å². The molecule has 2 unspecified atom stereocenters. The van der Waals surface area contributed by atoms with E-state index in [1.165, 1.54) is 6.42 Å². The summed E-state index contributed by atoms with van der Waals surface area (Å²) in [5.74, 6) is 1.41. The van der Waals surface area contributed by atoms with E-state index in [-0.39, 0.29) is 0 Å². The van der Waals surface area contributed by atoms with Crippen LogP contribution in [0.5, 0.6) is 0 Å². The molecule has 0 aromatic heterocycles. The van der Waals surface area contributed by atoms with Crippen LogP contribution in [0.15, 0.2) is 0 Å². The van der Waals surface area contributed by atoms with Crippen LogP contribution in [0.25, 0.3) is 0 Å². The van der Waals surface area contributed by atoms with E-state index in [1.54, 1.807) is 0 Å². The predicted molar refractivity (Wildman–Crippen MR) is 51.5 cm³/mol. The van der Waals surface area contributed by atoms with E-state index in [0.717, 1.165) is 12.5 Å². The lowest BCUT2D eigenvalue weighted by molar-refractivity contribution is 0.172. The molecule has 0 fully saturated rings. The Morgan fingerprint density at radius 3 is 1.82 bits per heavy atom. The Labute approximate surface area is 71.4 Å². The molecule has 0 aliphatic heterocycles. The average Bonchev–Trinajstić information content (AvgIpc) is 1.86. The summed E-state index contributed by atoms with van der Waals surface area (Å²) < 4.78 is 0. The van der Waals surface area contributed by atoms with Gasteiger partial charge in [-0.1, -0.05) is 41.0 Å². The molecular weight excluding hydrogens is 134 g/mol. The minimum atomic E-state index is 0.365. The fourth-order valence-electron chi connectivity index (χ4n) is 1.72. The molecule has 0 radical (unpaired) electrons. The molecule has 0 aromatic carbocycles.